The molecule has 0 fully saturated rings. The first-order valence-corrected chi connectivity index (χ1v) is 3.64. The Morgan fingerprint density at radius 3 is 2.18 bits per heavy atom. The zero-order chi connectivity index (χ0) is 8.65. The highest BCUT2D eigenvalue weighted by atomic mass is 16.3. The smallest absolute Gasteiger partial charge is 0.212 e. The van der Waals surface area contributed by atoms with Gasteiger partial charge in [-0.1, -0.05) is 20.8 Å². The van der Waals surface area contributed by atoms with Crippen molar-refractivity contribution in [2.75, 3.05) is 0 Å². The number of aromatic hydroxyl groups is 1. The van der Waals surface area contributed by atoms with Crippen LogP contribution in [0.1, 0.15) is 26.3 Å². The van der Waals surface area contributed by atoms with E-state index in [4.69, 9.17) is 0 Å². The zero-order valence-corrected chi connectivity index (χ0v) is 7.42. The van der Waals surface area contributed by atoms with Gasteiger partial charge in [-0.2, -0.15) is 5.10 Å². The molecular formula is C8H14N2O. The van der Waals surface area contributed by atoms with Crippen LogP contribution >= 0.6 is 0 Å². The topological polar surface area (TPSA) is 38.0 Å². The van der Waals surface area contributed by atoms with E-state index in [1.807, 2.05) is 20.8 Å². The Morgan fingerprint density at radius 1 is 1.45 bits per heavy atom. The van der Waals surface area contributed by atoms with E-state index in [1.165, 1.54) is 4.68 Å². The van der Waals surface area contributed by atoms with E-state index in [0.717, 1.165) is 5.56 Å². The molecule has 0 unspecified atom stereocenters. The summed E-state index contributed by atoms with van der Waals surface area (Å²) in [6, 6.07) is 0. The molecule has 1 aromatic rings. The first-order chi connectivity index (χ1) is 4.93. The van der Waals surface area contributed by atoms with Gasteiger partial charge >= 0.3 is 0 Å². The van der Waals surface area contributed by atoms with E-state index in [0.29, 0.717) is 0 Å². The first kappa shape index (κ1) is 8.11. The normalized spacial score (nSPS) is 12.0. The molecule has 1 rings (SSSR count). The molecule has 0 spiro atoms. The van der Waals surface area contributed by atoms with Crippen molar-refractivity contribution < 1.29 is 5.11 Å². The van der Waals surface area contributed by atoms with Gasteiger partial charge in [-0.3, -0.25) is 0 Å². The summed E-state index contributed by atoms with van der Waals surface area (Å²) in [6.07, 6.45) is 1.70. The molecule has 0 radical (unpaired) electrons. The van der Waals surface area contributed by atoms with Crippen molar-refractivity contribution in [2.45, 2.75) is 26.2 Å². The molecule has 1 N–H and O–H groups in total. The molecule has 3 heteroatoms. The summed E-state index contributed by atoms with van der Waals surface area (Å²) in [5, 5.41) is 13.4. The van der Waals surface area contributed by atoms with Crippen molar-refractivity contribution in [1.29, 1.82) is 0 Å². The van der Waals surface area contributed by atoms with E-state index >= 15 is 0 Å². The van der Waals surface area contributed by atoms with Crippen LogP contribution in [0.15, 0.2) is 6.20 Å². The van der Waals surface area contributed by atoms with Crippen LogP contribution in [0.2, 0.25) is 0 Å². The largest absolute Gasteiger partial charge is 0.493 e. The van der Waals surface area contributed by atoms with Crippen molar-refractivity contribution in [1.82, 2.24) is 9.78 Å². The Labute approximate surface area is 66.7 Å². The van der Waals surface area contributed by atoms with Gasteiger partial charge in [0.1, 0.15) is 0 Å². The molecule has 62 valence electrons. The summed E-state index contributed by atoms with van der Waals surface area (Å²) >= 11 is 0. The van der Waals surface area contributed by atoms with Gasteiger partial charge in [-0.05, 0) is 5.41 Å². The van der Waals surface area contributed by atoms with Crippen molar-refractivity contribution >= 4 is 0 Å². The Balaban J connectivity index is 3.15. The molecule has 1 aromatic heterocycles. The van der Waals surface area contributed by atoms with Gasteiger partial charge in [0.25, 0.3) is 0 Å². The molecule has 0 atom stereocenters. The predicted molar refractivity (Wildman–Crippen MR) is 43.6 cm³/mol. The Morgan fingerprint density at radius 2 is 2.00 bits per heavy atom. The van der Waals surface area contributed by atoms with Gasteiger partial charge in [0, 0.05) is 12.6 Å². The standard InChI is InChI=1S/C8H14N2O/c1-8(2,3)6-5-9-10(4)7(6)11/h5,11H,1-4H3. The molecule has 0 aliphatic carbocycles. The van der Waals surface area contributed by atoms with Gasteiger partial charge in [0.2, 0.25) is 5.88 Å². The van der Waals surface area contributed by atoms with Gasteiger partial charge in [-0.25, -0.2) is 4.68 Å². The van der Waals surface area contributed by atoms with E-state index in [9.17, 15) is 5.11 Å². The van der Waals surface area contributed by atoms with E-state index in [2.05, 4.69) is 5.10 Å². The third-order valence-electron chi connectivity index (χ3n) is 1.72. The van der Waals surface area contributed by atoms with Crippen LogP contribution < -0.4 is 0 Å². The van der Waals surface area contributed by atoms with Crippen molar-refractivity contribution in [2.24, 2.45) is 7.05 Å². The van der Waals surface area contributed by atoms with Crippen LogP contribution in [-0.4, -0.2) is 14.9 Å². The second-order valence-electron chi connectivity index (χ2n) is 3.76. The SMILES string of the molecule is Cn1ncc(C(C)(C)C)c1O. The molecule has 0 aromatic carbocycles. The maximum atomic E-state index is 9.47. The molecule has 11 heavy (non-hydrogen) atoms. The highest BCUT2D eigenvalue weighted by Crippen LogP contribution is 2.29. The Kier molecular flexibility index (Phi) is 1.66. The number of hydrogen-bond donors (Lipinski definition) is 1. The average molecular weight is 154 g/mol. The fraction of sp³-hybridized carbons (Fsp3) is 0.625. The number of hydrogen-bond acceptors (Lipinski definition) is 2. The van der Waals surface area contributed by atoms with Crippen LogP contribution in [0.3, 0.4) is 0 Å². The lowest BCUT2D eigenvalue weighted by atomic mass is 9.89. The lowest BCUT2D eigenvalue weighted by molar-refractivity contribution is 0.401. The summed E-state index contributed by atoms with van der Waals surface area (Å²) in [5.41, 5.74) is 0.859. The van der Waals surface area contributed by atoms with Crippen LogP contribution in [-0.2, 0) is 12.5 Å². The number of aryl methyl sites for hydroxylation is 1. The third-order valence-corrected chi connectivity index (χ3v) is 1.72. The van der Waals surface area contributed by atoms with Crippen molar-refractivity contribution in [3.8, 4) is 5.88 Å². The molecule has 0 aliphatic heterocycles. The number of aromatic nitrogens is 2. The molecule has 0 bridgehead atoms. The zero-order valence-electron chi connectivity index (χ0n) is 7.42. The minimum absolute atomic E-state index is 0.0294. The minimum atomic E-state index is -0.0294. The van der Waals surface area contributed by atoms with E-state index in [1.54, 1.807) is 13.2 Å². The molecule has 0 saturated carbocycles. The van der Waals surface area contributed by atoms with Crippen LogP contribution in [0.5, 0.6) is 5.88 Å². The van der Waals surface area contributed by atoms with Gasteiger partial charge in [-0.15, -0.1) is 0 Å². The monoisotopic (exact) mass is 154 g/mol. The summed E-state index contributed by atoms with van der Waals surface area (Å²) < 4.78 is 1.47. The summed E-state index contributed by atoms with van der Waals surface area (Å²) in [4.78, 5) is 0. The molecule has 1 heterocycles. The van der Waals surface area contributed by atoms with Crippen LogP contribution in [0.4, 0.5) is 0 Å². The number of nitrogens with zero attached hydrogens (tertiary/aromatic N) is 2. The first-order valence-electron chi connectivity index (χ1n) is 3.64. The van der Waals surface area contributed by atoms with Crippen LogP contribution in [0.25, 0.3) is 0 Å². The van der Waals surface area contributed by atoms with Gasteiger partial charge in [0.05, 0.1) is 6.20 Å². The molecule has 0 saturated heterocycles. The molecular weight excluding hydrogens is 140 g/mol. The maximum absolute atomic E-state index is 9.47. The van der Waals surface area contributed by atoms with Crippen molar-refractivity contribution in [3.05, 3.63) is 11.8 Å². The van der Waals surface area contributed by atoms with E-state index < -0.39 is 0 Å². The minimum Gasteiger partial charge on any atom is -0.493 e. The molecule has 0 amide bonds. The predicted octanol–water partition coefficient (Wildman–Crippen LogP) is 1.42. The average Bonchev–Trinajstić information content (AvgIpc) is 2.11. The summed E-state index contributed by atoms with van der Waals surface area (Å²) in [6.45, 7) is 6.14. The van der Waals surface area contributed by atoms with Gasteiger partial charge < -0.3 is 5.11 Å². The Bertz CT molecular complexity index is 258. The fourth-order valence-corrected chi connectivity index (χ4v) is 0.960. The highest BCUT2D eigenvalue weighted by Gasteiger charge is 2.20. The highest BCUT2D eigenvalue weighted by molar-refractivity contribution is 5.29. The molecule has 0 aliphatic rings. The third kappa shape index (κ3) is 1.37. The lowest BCUT2D eigenvalue weighted by Crippen LogP contribution is -2.10. The second kappa shape index (κ2) is 2.26. The summed E-state index contributed by atoms with van der Waals surface area (Å²) in [7, 11) is 1.73. The quantitative estimate of drug-likeness (QED) is 0.613. The van der Waals surface area contributed by atoms with Crippen molar-refractivity contribution in [3.63, 3.8) is 0 Å². The van der Waals surface area contributed by atoms with Gasteiger partial charge in [0.15, 0.2) is 0 Å². The van der Waals surface area contributed by atoms with Crippen LogP contribution in [0, 0.1) is 0 Å². The molecule has 3 nitrogen and oxygen atoms in total. The second-order valence-corrected chi connectivity index (χ2v) is 3.76. The lowest BCUT2D eigenvalue weighted by Gasteiger charge is -2.15. The Hall–Kier alpha value is -0.990. The van der Waals surface area contributed by atoms with E-state index in [-0.39, 0.29) is 11.3 Å². The maximum Gasteiger partial charge on any atom is 0.212 e. The summed E-state index contributed by atoms with van der Waals surface area (Å²) in [5.74, 6) is 0.262. The fourth-order valence-electron chi connectivity index (χ4n) is 0.960. The number of rotatable bonds is 0.